The van der Waals surface area contributed by atoms with E-state index in [0.29, 0.717) is 16.6 Å². The second kappa shape index (κ2) is 26.3. The van der Waals surface area contributed by atoms with Crippen molar-refractivity contribution in [2.75, 3.05) is 33.2 Å². The average molecular weight is 683 g/mol. The fourth-order valence-electron chi connectivity index (χ4n) is 7.17. The average Bonchev–Trinajstić information content (AvgIpc) is 3.09. The number of Topliss-reactive ketones (excluding diaryl/α,β-unsaturated/α-hetero) is 1. The van der Waals surface area contributed by atoms with Crippen LogP contribution in [0.2, 0.25) is 0 Å². The highest BCUT2D eigenvalue weighted by Crippen LogP contribution is 2.18. The number of piperidine rings is 1. The molecule has 2 rings (SSSR count). The zero-order chi connectivity index (χ0) is 35.6. The minimum absolute atomic E-state index is 0.141. The number of rotatable bonds is 30. The molecule has 7 nitrogen and oxygen atoms in total. The first kappa shape index (κ1) is 42.6. The molecule has 1 heterocycles. The second-order valence-corrected chi connectivity index (χ2v) is 15.1. The van der Waals surface area contributed by atoms with Gasteiger partial charge in [0.05, 0.1) is 26.7 Å². The summed E-state index contributed by atoms with van der Waals surface area (Å²) < 4.78 is 0.677. The third kappa shape index (κ3) is 18.9. The van der Waals surface area contributed by atoms with E-state index in [1.165, 1.54) is 128 Å². The van der Waals surface area contributed by atoms with E-state index < -0.39 is 11.9 Å². The number of nitrogens with zero attached hydrogens (tertiary/aromatic N) is 2. The van der Waals surface area contributed by atoms with Gasteiger partial charge in [0.15, 0.2) is 12.3 Å². The summed E-state index contributed by atoms with van der Waals surface area (Å²) in [5, 5.41) is 2.96. The van der Waals surface area contributed by atoms with Gasteiger partial charge in [-0.25, -0.2) is 0 Å². The van der Waals surface area contributed by atoms with E-state index >= 15 is 0 Å². The summed E-state index contributed by atoms with van der Waals surface area (Å²) in [4.78, 5) is 53.2. The van der Waals surface area contributed by atoms with Gasteiger partial charge in [-0.05, 0) is 32.1 Å². The Morgan fingerprint density at radius 3 is 1.55 bits per heavy atom. The normalized spacial score (nSPS) is 15.2. The van der Waals surface area contributed by atoms with Gasteiger partial charge in [0.1, 0.15) is 6.04 Å². The number of nitrogens with one attached hydrogen (secondary N) is 1. The SMILES string of the molecule is CCCCCCCCCCCCC[N+](C)(CCCCCCCCCCCCC)CC(=O)NC1CCC(=O)N(CC(=O)c2ccccc2)C1=O. The summed E-state index contributed by atoms with van der Waals surface area (Å²) in [7, 11) is 2.20. The van der Waals surface area contributed by atoms with Crippen LogP contribution in [-0.4, -0.2) is 72.2 Å². The van der Waals surface area contributed by atoms with Crippen molar-refractivity contribution in [1.29, 1.82) is 0 Å². The standard InChI is InChI=1S/C42H71N3O4/c1-4-6-8-10-12-14-16-18-20-22-27-33-45(3,34-28-23-21-19-17-15-13-11-9-7-5-2)36-40(47)43-38-31-32-41(48)44(42(38)49)35-39(46)37-29-25-24-26-30-37/h24-26,29-30,38H,4-23,27-28,31-36H2,1-3H3/p+1. The van der Waals surface area contributed by atoms with Crippen molar-refractivity contribution in [3.63, 3.8) is 0 Å². The largest absolute Gasteiger partial charge is 0.339 e. The monoisotopic (exact) mass is 683 g/mol. The first-order valence-electron chi connectivity index (χ1n) is 20.3. The summed E-state index contributed by atoms with van der Waals surface area (Å²) in [5.74, 6) is -1.25. The molecule has 1 fully saturated rings. The Balaban J connectivity index is 1.83. The number of unbranched alkanes of at least 4 members (excludes halogenated alkanes) is 20. The predicted molar refractivity (Wildman–Crippen MR) is 202 cm³/mol. The maximum atomic E-state index is 13.5. The molecular formula is C42H72N3O4+. The number of carbonyl (C=O) groups excluding carboxylic acids is 4. The predicted octanol–water partition coefficient (Wildman–Crippen LogP) is 9.57. The number of ketones is 1. The number of benzene rings is 1. The molecule has 3 amide bonds. The molecule has 1 atom stereocenters. The lowest BCUT2D eigenvalue weighted by Crippen LogP contribution is -2.58. The lowest BCUT2D eigenvalue weighted by atomic mass is 10.0. The quantitative estimate of drug-likeness (QED) is 0.0379. The van der Waals surface area contributed by atoms with Crippen LogP contribution in [0.25, 0.3) is 0 Å². The zero-order valence-corrected chi connectivity index (χ0v) is 31.8. The Morgan fingerprint density at radius 2 is 1.10 bits per heavy atom. The smallest absolute Gasteiger partial charge is 0.275 e. The highest BCUT2D eigenvalue weighted by Gasteiger charge is 2.37. The van der Waals surface area contributed by atoms with Crippen molar-refractivity contribution in [1.82, 2.24) is 10.2 Å². The second-order valence-electron chi connectivity index (χ2n) is 15.1. The van der Waals surface area contributed by atoms with E-state index in [1.54, 1.807) is 24.3 Å². The van der Waals surface area contributed by atoms with Gasteiger partial charge in [-0.15, -0.1) is 0 Å². The van der Waals surface area contributed by atoms with E-state index in [4.69, 9.17) is 0 Å². The summed E-state index contributed by atoms with van der Waals surface area (Å²) in [6.45, 7) is 6.48. The lowest BCUT2D eigenvalue weighted by molar-refractivity contribution is -0.902. The Labute approximate surface area is 299 Å². The Bertz CT molecular complexity index is 1030. The van der Waals surface area contributed by atoms with Crippen LogP contribution in [0.1, 0.15) is 178 Å². The number of amides is 3. The van der Waals surface area contributed by atoms with Gasteiger partial charge < -0.3 is 9.80 Å². The molecule has 0 saturated carbocycles. The van der Waals surface area contributed by atoms with Gasteiger partial charge in [0, 0.05) is 12.0 Å². The lowest BCUT2D eigenvalue weighted by Gasteiger charge is -2.35. The minimum atomic E-state index is -0.772. The van der Waals surface area contributed by atoms with E-state index in [-0.39, 0.29) is 37.0 Å². The molecule has 7 heteroatoms. The third-order valence-electron chi connectivity index (χ3n) is 10.4. The van der Waals surface area contributed by atoms with Crippen molar-refractivity contribution in [2.45, 2.75) is 174 Å². The number of imide groups is 1. The van der Waals surface area contributed by atoms with Crippen LogP contribution < -0.4 is 5.32 Å². The van der Waals surface area contributed by atoms with Crippen LogP contribution in [0.3, 0.4) is 0 Å². The van der Waals surface area contributed by atoms with Crippen molar-refractivity contribution >= 4 is 23.5 Å². The molecule has 0 radical (unpaired) electrons. The van der Waals surface area contributed by atoms with Crippen molar-refractivity contribution < 1.29 is 23.7 Å². The van der Waals surface area contributed by atoms with Gasteiger partial charge >= 0.3 is 0 Å². The molecule has 0 aliphatic carbocycles. The first-order chi connectivity index (χ1) is 23.8. The Kier molecular flexibility index (Phi) is 22.9. The van der Waals surface area contributed by atoms with Gasteiger partial charge in [-0.3, -0.25) is 24.1 Å². The number of quaternary nitrogens is 1. The topological polar surface area (TPSA) is 83.6 Å². The summed E-state index contributed by atoms with van der Waals surface area (Å²) in [6.07, 6.45) is 29.0. The van der Waals surface area contributed by atoms with Crippen molar-refractivity contribution in [3.05, 3.63) is 35.9 Å². The van der Waals surface area contributed by atoms with Crippen LogP contribution >= 0.6 is 0 Å². The summed E-state index contributed by atoms with van der Waals surface area (Å²) in [5.41, 5.74) is 0.465. The number of hydrogen-bond acceptors (Lipinski definition) is 4. The highest BCUT2D eigenvalue weighted by atomic mass is 16.2. The molecular weight excluding hydrogens is 610 g/mol. The van der Waals surface area contributed by atoms with Crippen LogP contribution in [0.5, 0.6) is 0 Å². The highest BCUT2D eigenvalue weighted by molar-refractivity contribution is 6.07. The molecule has 1 unspecified atom stereocenters. The number of carbonyl (C=O) groups is 4. The molecule has 1 aromatic carbocycles. The van der Waals surface area contributed by atoms with Crippen LogP contribution in [0.15, 0.2) is 30.3 Å². The Hall–Kier alpha value is -2.54. The molecule has 278 valence electrons. The third-order valence-corrected chi connectivity index (χ3v) is 10.4. The molecule has 1 aliphatic rings. The molecule has 0 aromatic heterocycles. The number of hydrogen-bond donors (Lipinski definition) is 1. The zero-order valence-electron chi connectivity index (χ0n) is 31.8. The van der Waals surface area contributed by atoms with Crippen molar-refractivity contribution in [3.8, 4) is 0 Å². The van der Waals surface area contributed by atoms with Crippen LogP contribution in [-0.2, 0) is 14.4 Å². The molecule has 1 aliphatic heterocycles. The fourth-order valence-corrected chi connectivity index (χ4v) is 7.17. The fraction of sp³-hybridized carbons (Fsp3) is 0.762. The summed E-state index contributed by atoms with van der Waals surface area (Å²) >= 11 is 0. The van der Waals surface area contributed by atoms with E-state index in [1.807, 2.05) is 6.07 Å². The van der Waals surface area contributed by atoms with Gasteiger partial charge in [-0.1, -0.05) is 160 Å². The van der Waals surface area contributed by atoms with Gasteiger partial charge in [-0.2, -0.15) is 0 Å². The molecule has 49 heavy (non-hydrogen) atoms. The molecule has 1 N–H and O–H groups in total. The first-order valence-corrected chi connectivity index (χ1v) is 20.3. The van der Waals surface area contributed by atoms with Gasteiger partial charge in [0.2, 0.25) is 5.91 Å². The van der Waals surface area contributed by atoms with E-state index in [2.05, 4.69) is 26.2 Å². The number of likely N-dealkylation sites (tertiary alicyclic amines) is 1. The maximum Gasteiger partial charge on any atom is 0.275 e. The van der Waals surface area contributed by atoms with Crippen LogP contribution in [0, 0.1) is 0 Å². The molecule has 1 aromatic rings. The number of likely N-dealkylation sites (N-methyl/N-ethyl adjacent to an activating group) is 1. The molecule has 0 spiro atoms. The van der Waals surface area contributed by atoms with E-state index in [9.17, 15) is 19.2 Å². The maximum absolute atomic E-state index is 13.5. The Morgan fingerprint density at radius 1 is 0.673 bits per heavy atom. The molecule has 1 saturated heterocycles. The molecule has 0 bridgehead atoms. The van der Waals surface area contributed by atoms with Gasteiger partial charge in [0.25, 0.3) is 11.8 Å². The minimum Gasteiger partial charge on any atom is -0.339 e. The summed E-state index contributed by atoms with van der Waals surface area (Å²) in [6, 6.07) is 7.94. The van der Waals surface area contributed by atoms with E-state index in [0.717, 1.165) is 30.8 Å². The van der Waals surface area contributed by atoms with Crippen molar-refractivity contribution in [2.24, 2.45) is 0 Å². The van der Waals surface area contributed by atoms with Crippen LogP contribution in [0.4, 0.5) is 0 Å².